The molecule has 1 unspecified atom stereocenters. The zero-order valence-electron chi connectivity index (χ0n) is 13.0. The van der Waals surface area contributed by atoms with Crippen LogP contribution in [0, 0.1) is 0 Å². The van der Waals surface area contributed by atoms with Gasteiger partial charge >= 0.3 is 0 Å². The minimum Gasteiger partial charge on any atom is -0.313 e. The number of rotatable bonds is 7. The summed E-state index contributed by atoms with van der Waals surface area (Å²) in [5.41, 5.74) is 1.16. The minimum atomic E-state index is -3.38. The number of hydrogen-bond acceptors (Lipinski definition) is 3. The average molecular weight is 310 g/mol. The van der Waals surface area contributed by atoms with Crippen LogP contribution in [0.4, 0.5) is 0 Å². The van der Waals surface area contributed by atoms with Crippen LogP contribution < -0.4 is 5.32 Å². The van der Waals surface area contributed by atoms with Crippen LogP contribution in [-0.2, 0) is 16.4 Å². The van der Waals surface area contributed by atoms with Gasteiger partial charge in [-0.2, -0.15) is 4.31 Å². The van der Waals surface area contributed by atoms with E-state index < -0.39 is 10.0 Å². The van der Waals surface area contributed by atoms with Gasteiger partial charge in [-0.05, 0) is 49.9 Å². The van der Waals surface area contributed by atoms with Crippen molar-refractivity contribution >= 4 is 10.0 Å². The Balaban J connectivity index is 2.18. The third-order valence-electron chi connectivity index (χ3n) is 4.03. The van der Waals surface area contributed by atoms with E-state index in [9.17, 15) is 8.42 Å². The molecule has 1 saturated heterocycles. The number of hydrogen-bond donors (Lipinski definition) is 1. The van der Waals surface area contributed by atoms with Crippen molar-refractivity contribution in [3.8, 4) is 0 Å². The highest BCUT2D eigenvalue weighted by atomic mass is 32.2. The Morgan fingerprint density at radius 1 is 1.24 bits per heavy atom. The summed E-state index contributed by atoms with van der Waals surface area (Å²) in [7, 11) is -3.38. The van der Waals surface area contributed by atoms with Gasteiger partial charge in [0, 0.05) is 19.1 Å². The van der Waals surface area contributed by atoms with Gasteiger partial charge < -0.3 is 5.32 Å². The van der Waals surface area contributed by atoms with Gasteiger partial charge in [-0.3, -0.25) is 0 Å². The highest BCUT2D eigenvalue weighted by Gasteiger charge is 2.27. The van der Waals surface area contributed by atoms with Crippen molar-refractivity contribution in [2.24, 2.45) is 0 Å². The van der Waals surface area contributed by atoms with E-state index in [1.165, 1.54) is 0 Å². The summed E-state index contributed by atoms with van der Waals surface area (Å²) in [6.45, 7) is 6.24. The van der Waals surface area contributed by atoms with Gasteiger partial charge in [-0.1, -0.05) is 26.0 Å². The lowest BCUT2D eigenvalue weighted by Gasteiger charge is -2.25. The Morgan fingerprint density at radius 3 is 2.48 bits per heavy atom. The van der Waals surface area contributed by atoms with E-state index in [0.717, 1.165) is 37.8 Å². The second-order valence-electron chi connectivity index (χ2n) is 5.65. The molecule has 4 nitrogen and oxygen atoms in total. The van der Waals surface area contributed by atoms with E-state index in [0.29, 0.717) is 24.0 Å². The summed E-state index contributed by atoms with van der Waals surface area (Å²) in [5, 5.41) is 3.38. The van der Waals surface area contributed by atoms with E-state index in [4.69, 9.17) is 0 Å². The first-order valence-corrected chi connectivity index (χ1v) is 9.34. The number of nitrogens with one attached hydrogen (secondary N) is 1. The Labute approximate surface area is 128 Å². The standard InChI is InChI=1S/C16H26N2O2S/c1-3-12-18(13-15-6-5-11-17-15)21(19,20)16-9-7-14(4-2)8-10-16/h7-10,15,17H,3-6,11-13H2,1-2H3. The number of benzene rings is 1. The van der Waals surface area contributed by atoms with Crippen molar-refractivity contribution in [2.75, 3.05) is 19.6 Å². The molecule has 0 aliphatic carbocycles. The fraction of sp³-hybridized carbons (Fsp3) is 0.625. The van der Waals surface area contributed by atoms with Crippen LogP contribution in [0.1, 0.15) is 38.7 Å². The molecule has 0 saturated carbocycles. The maximum Gasteiger partial charge on any atom is 0.243 e. The van der Waals surface area contributed by atoms with E-state index in [-0.39, 0.29) is 0 Å². The predicted octanol–water partition coefficient (Wildman–Crippen LogP) is 2.40. The van der Waals surface area contributed by atoms with Crippen molar-refractivity contribution in [3.63, 3.8) is 0 Å². The van der Waals surface area contributed by atoms with Crippen LogP contribution in [0.2, 0.25) is 0 Å². The van der Waals surface area contributed by atoms with Crippen molar-refractivity contribution in [1.82, 2.24) is 9.62 Å². The quantitative estimate of drug-likeness (QED) is 0.841. The molecule has 1 aromatic carbocycles. The first kappa shape index (κ1) is 16.5. The molecule has 1 fully saturated rings. The fourth-order valence-electron chi connectivity index (χ4n) is 2.76. The molecule has 1 N–H and O–H groups in total. The van der Waals surface area contributed by atoms with Crippen LogP contribution in [-0.4, -0.2) is 38.4 Å². The van der Waals surface area contributed by atoms with Crippen LogP contribution in [0.25, 0.3) is 0 Å². The largest absolute Gasteiger partial charge is 0.313 e. The molecule has 118 valence electrons. The van der Waals surface area contributed by atoms with Gasteiger partial charge in [-0.15, -0.1) is 0 Å². The fourth-order valence-corrected chi connectivity index (χ4v) is 4.34. The molecular formula is C16H26N2O2S. The normalized spacial score (nSPS) is 19.3. The van der Waals surface area contributed by atoms with E-state index >= 15 is 0 Å². The summed E-state index contributed by atoms with van der Waals surface area (Å²) in [4.78, 5) is 0.408. The summed E-state index contributed by atoms with van der Waals surface area (Å²) in [6.07, 6.45) is 3.95. The van der Waals surface area contributed by atoms with Crippen LogP contribution >= 0.6 is 0 Å². The maximum atomic E-state index is 12.8. The molecule has 1 heterocycles. The van der Waals surface area contributed by atoms with Crippen molar-refractivity contribution in [3.05, 3.63) is 29.8 Å². The maximum absolute atomic E-state index is 12.8. The monoisotopic (exact) mass is 310 g/mol. The zero-order valence-corrected chi connectivity index (χ0v) is 13.8. The first-order valence-electron chi connectivity index (χ1n) is 7.90. The van der Waals surface area contributed by atoms with Crippen LogP contribution in [0.15, 0.2) is 29.2 Å². The van der Waals surface area contributed by atoms with Crippen LogP contribution in [0.5, 0.6) is 0 Å². The van der Waals surface area contributed by atoms with Crippen molar-refractivity contribution in [2.45, 2.75) is 50.5 Å². The van der Waals surface area contributed by atoms with E-state index in [1.807, 2.05) is 19.1 Å². The lowest BCUT2D eigenvalue weighted by Crippen LogP contribution is -2.41. The number of sulfonamides is 1. The molecule has 1 aliphatic heterocycles. The zero-order chi connectivity index (χ0) is 15.3. The first-order chi connectivity index (χ1) is 10.1. The molecule has 1 aliphatic rings. The summed E-state index contributed by atoms with van der Waals surface area (Å²) in [6, 6.07) is 7.58. The van der Waals surface area contributed by atoms with Gasteiger partial charge in [0.15, 0.2) is 0 Å². The van der Waals surface area contributed by atoms with E-state index in [1.54, 1.807) is 16.4 Å². The molecule has 0 bridgehead atoms. The Bertz CT molecular complexity index is 534. The molecule has 0 radical (unpaired) electrons. The molecule has 1 atom stereocenters. The second-order valence-corrected chi connectivity index (χ2v) is 7.59. The molecule has 2 rings (SSSR count). The summed E-state index contributed by atoms with van der Waals surface area (Å²) >= 11 is 0. The van der Waals surface area contributed by atoms with Crippen molar-refractivity contribution in [1.29, 1.82) is 0 Å². The molecule has 1 aromatic rings. The van der Waals surface area contributed by atoms with Crippen LogP contribution in [0.3, 0.4) is 0 Å². The molecule has 0 aromatic heterocycles. The number of nitrogens with zero attached hydrogens (tertiary/aromatic N) is 1. The van der Waals surface area contributed by atoms with Gasteiger partial charge in [0.2, 0.25) is 10.0 Å². The van der Waals surface area contributed by atoms with Gasteiger partial charge in [-0.25, -0.2) is 8.42 Å². The predicted molar refractivity (Wildman–Crippen MR) is 85.9 cm³/mol. The Morgan fingerprint density at radius 2 is 1.95 bits per heavy atom. The molecule has 0 amide bonds. The Kier molecular flexibility index (Phi) is 5.79. The highest BCUT2D eigenvalue weighted by Crippen LogP contribution is 2.19. The minimum absolute atomic E-state index is 0.293. The van der Waals surface area contributed by atoms with E-state index in [2.05, 4.69) is 12.2 Å². The SMILES string of the molecule is CCCN(CC1CCCN1)S(=O)(=O)c1ccc(CC)cc1. The van der Waals surface area contributed by atoms with Gasteiger partial charge in [0.1, 0.15) is 0 Å². The smallest absolute Gasteiger partial charge is 0.243 e. The average Bonchev–Trinajstić information content (AvgIpc) is 3.00. The molecule has 0 spiro atoms. The molecule has 21 heavy (non-hydrogen) atoms. The third-order valence-corrected chi connectivity index (χ3v) is 5.91. The topological polar surface area (TPSA) is 49.4 Å². The van der Waals surface area contributed by atoms with Gasteiger partial charge in [0.05, 0.1) is 4.90 Å². The van der Waals surface area contributed by atoms with Crippen molar-refractivity contribution < 1.29 is 8.42 Å². The lowest BCUT2D eigenvalue weighted by molar-refractivity contribution is 0.369. The van der Waals surface area contributed by atoms with Gasteiger partial charge in [0.25, 0.3) is 0 Å². The molecular weight excluding hydrogens is 284 g/mol. The highest BCUT2D eigenvalue weighted by molar-refractivity contribution is 7.89. The Hall–Kier alpha value is -0.910. The third kappa shape index (κ3) is 4.05. The lowest BCUT2D eigenvalue weighted by atomic mass is 10.2. The summed E-state index contributed by atoms with van der Waals surface area (Å²) in [5.74, 6) is 0. The number of aryl methyl sites for hydroxylation is 1. The molecule has 5 heteroatoms. The second kappa shape index (κ2) is 7.38. The summed E-state index contributed by atoms with van der Waals surface area (Å²) < 4.78 is 27.3.